The first-order chi connectivity index (χ1) is 9.89. The molecule has 0 aromatic heterocycles. The number of hydrogen-bond acceptors (Lipinski definition) is 3. The summed E-state index contributed by atoms with van der Waals surface area (Å²) in [5.41, 5.74) is 1.45. The summed E-state index contributed by atoms with van der Waals surface area (Å²) in [7, 11) is 0. The lowest BCUT2D eigenvalue weighted by Gasteiger charge is -2.28. The van der Waals surface area contributed by atoms with E-state index in [0.29, 0.717) is 30.9 Å². The third-order valence-electron chi connectivity index (χ3n) is 3.86. The number of aliphatic imine (C=N–C) groups is 1. The maximum Gasteiger partial charge on any atom is 0.168 e. The second kappa shape index (κ2) is 6.25. The SMILES string of the molecule is C[C@@H](CN=CC1=C(O)CC(C)(C)CC1=O)c1ccccc1. The average Bonchev–Trinajstić information content (AvgIpc) is 2.41. The first-order valence-electron chi connectivity index (χ1n) is 7.39. The Morgan fingerprint density at radius 3 is 2.57 bits per heavy atom. The molecule has 112 valence electrons. The molecule has 0 amide bonds. The third-order valence-corrected chi connectivity index (χ3v) is 3.86. The summed E-state index contributed by atoms with van der Waals surface area (Å²) in [5, 5.41) is 10.0. The van der Waals surface area contributed by atoms with Crippen LogP contribution in [0.15, 0.2) is 46.7 Å². The number of rotatable bonds is 4. The van der Waals surface area contributed by atoms with Gasteiger partial charge in [0.15, 0.2) is 5.78 Å². The van der Waals surface area contributed by atoms with Gasteiger partial charge in [-0.15, -0.1) is 0 Å². The van der Waals surface area contributed by atoms with Gasteiger partial charge >= 0.3 is 0 Å². The summed E-state index contributed by atoms with van der Waals surface area (Å²) in [6.45, 7) is 6.70. The van der Waals surface area contributed by atoms with Gasteiger partial charge in [0.25, 0.3) is 0 Å². The Morgan fingerprint density at radius 2 is 1.95 bits per heavy atom. The van der Waals surface area contributed by atoms with Gasteiger partial charge in [0.1, 0.15) is 5.76 Å². The van der Waals surface area contributed by atoms with Crippen LogP contribution in [0.2, 0.25) is 0 Å². The van der Waals surface area contributed by atoms with Gasteiger partial charge in [-0.3, -0.25) is 9.79 Å². The van der Waals surface area contributed by atoms with Crippen molar-refractivity contribution in [3.8, 4) is 0 Å². The highest BCUT2D eigenvalue weighted by Crippen LogP contribution is 2.35. The van der Waals surface area contributed by atoms with Crippen LogP contribution in [0, 0.1) is 5.41 Å². The van der Waals surface area contributed by atoms with Crippen LogP contribution in [0.5, 0.6) is 0 Å². The number of nitrogens with zero attached hydrogens (tertiary/aromatic N) is 1. The Hall–Kier alpha value is -1.90. The maximum atomic E-state index is 12.1. The molecular formula is C18H23NO2. The fourth-order valence-corrected chi connectivity index (χ4v) is 2.64. The number of aliphatic hydroxyl groups is 1. The minimum absolute atomic E-state index is 0.0140. The summed E-state index contributed by atoms with van der Waals surface area (Å²) in [6, 6.07) is 10.2. The number of hydrogen-bond donors (Lipinski definition) is 1. The molecule has 0 unspecified atom stereocenters. The normalized spacial score (nSPS) is 20.0. The molecule has 0 heterocycles. The van der Waals surface area contributed by atoms with Gasteiger partial charge in [0.05, 0.1) is 5.57 Å². The largest absolute Gasteiger partial charge is 0.511 e. The molecule has 2 rings (SSSR count). The zero-order valence-corrected chi connectivity index (χ0v) is 13.0. The lowest BCUT2D eigenvalue weighted by molar-refractivity contribution is -0.117. The van der Waals surface area contributed by atoms with Gasteiger partial charge in [-0.1, -0.05) is 51.1 Å². The van der Waals surface area contributed by atoms with E-state index in [-0.39, 0.29) is 17.0 Å². The van der Waals surface area contributed by atoms with Crippen molar-refractivity contribution in [1.29, 1.82) is 0 Å². The first-order valence-corrected chi connectivity index (χ1v) is 7.39. The first kappa shape index (κ1) is 15.5. The molecule has 0 bridgehead atoms. The molecule has 1 aliphatic carbocycles. The van der Waals surface area contributed by atoms with Crippen LogP contribution in [-0.2, 0) is 4.79 Å². The number of allylic oxidation sites excluding steroid dienone is 2. The van der Waals surface area contributed by atoms with Crippen molar-refractivity contribution in [3.05, 3.63) is 47.2 Å². The monoisotopic (exact) mass is 285 g/mol. The van der Waals surface area contributed by atoms with Gasteiger partial charge in [-0.25, -0.2) is 0 Å². The predicted octanol–water partition coefficient (Wildman–Crippen LogP) is 4.06. The van der Waals surface area contributed by atoms with E-state index in [2.05, 4.69) is 24.0 Å². The molecule has 0 spiro atoms. The molecule has 3 heteroatoms. The van der Waals surface area contributed by atoms with E-state index in [1.165, 1.54) is 5.56 Å². The van der Waals surface area contributed by atoms with Crippen LogP contribution in [0.25, 0.3) is 0 Å². The van der Waals surface area contributed by atoms with E-state index >= 15 is 0 Å². The second-order valence-corrected chi connectivity index (χ2v) is 6.61. The Labute approximate surface area is 126 Å². The number of carbonyl (C=O) groups is 1. The third kappa shape index (κ3) is 4.03. The highest BCUT2D eigenvalue weighted by Gasteiger charge is 2.32. The molecule has 3 nitrogen and oxygen atoms in total. The molecule has 1 aromatic rings. The van der Waals surface area contributed by atoms with Crippen molar-refractivity contribution < 1.29 is 9.90 Å². The Bertz CT molecular complexity index is 570. The van der Waals surface area contributed by atoms with Crippen LogP contribution in [-0.4, -0.2) is 23.6 Å². The van der Waals surface area contributed by atoms with E-state index in [1.54, 1.807) is 6.21 Å². The molecular weight excluding hydrogens is 262 g/mol. The molecule has 0 saturated carbocycles. The van der Waals surface area contributed by atoms with Gasteiger partial charge < -0.3 is 5.11 Å². The van der Waals surface area contributed by atoms with Crippen LogP contribution in [0.3, 0.4) is 0 Å². The molecule has 0 aliphatic heterocycles. The molecule has 21 heavy (non-hydrogen) atoms. The quantitative estimate of drug-likeness (QED) is 0.848. The van der Waals surface area contributed by atoms with E-state index in [4.69, 9.17) is 0 Å². The molecule has 0 radical (unpaired) electrons. The van der Waals surface area contributed by atoms with Crippen molar-refractivity contribution in [3.63, 3.8) is 0 Å². The summed E-state index contributed by atoms with van der Waals surface area (Å²) in [6.07, 6.45) is 2.55. The lowest BCUT2D eigenvalue weighted by Crippen LogP contribution is -2.26. The number of benzene rings is 1. The van der Waals surface area contributed by atoms with Crippen molar-refractivity contribution in [2.45, 2.75) is 39.5 Å². The van der Waals surface area contributed by atoms with Crippen molar-refractivity contribution >= 4 is 12.0 Å². The summed E-state index contributed by atoms with van der Waals surface area (Å²) in [5.74, 6) is 0.451. The Balaban J connectivity index is 2.03. The topological polar surface area (TPSA) is 49.7 Å². The molecule has 0 fully saturated rings. The van der Waals surface area contributed by atoms with E-state index in [9.17, 15) is 9.90 Å². The standard InChI is InChI=1S/C18H23NO2/c1-13(14-7-5-4-6-8-14)11-19-12-15-16(20)9-18(2,3)10-17(15)21/h4-8,12-13,20H,9-11H2,1-3H3/t13-/m0/s1. The number of aliphatic hydroxyl groups excluding tert-OH is 1. The van der Waals surface area contributed by atoms with Gasteiger partial charge in [0.2, 0.25) is 0 Å². The molecule has 1 aliphatic rings. The number of Topliss-reactive ketones (excluding diaryl/α,β-unsaturated/α-hetero) is 1. The smallest absolute Gasteiger partial charge is 0.168 e. The fourth-order valence-electron chi connectivity index (χ4n) is 2.64. The molecule has 1 aromatic carbocycles. The van der Waals surface area contributed by atoms with E-state index < -0.39 is 0 Å². The van der Waals surface area contributed by atoms with Crippen LogP contribution >= 0.6 is 0 Å². The molecule has 1 atom stereocenters. The summed E-state index contributed by atoms with van der Waals surface area (Å²) in [4.78, 5) is 16.4. The second-order valence-electron chi connectivity index (χ2n) is 6.61. The van der Waals surface area contributed by atoms with Gasteiger partial charge in [0, 0.05) is 31.5 Å². The van der Waals surface area contributed by atoms with Crippen LogP contribution in [0.4, 0.5) is 0 Å². The lowest BCUT2D eigenvalue weighted by atomic mass is 9.77. The zero-order valence-electron chi connectivity index (χ0n) is 13.0. The number of ketones is 1. The Morgan fingerprint density at radius 1 is 1.29 bits per heavy atom. The minimum Gasteiger partial charge on any atom is -0.511 e. The van der Waals surface area contributed by atoms with Crippen LogP contribution in [0.1, 0.15) is 45.1 Å². The van der Waals surface area contributed by atoms with Gasteiger partial charge in [-0.2, -0.15) is 0 Å². The summed E-state index contributed by atoms with van der Waals surface area (Å²) >= 11 is 0. The van der Waals surface area contributed by atoms with Crippen molar-refractivity contribution in [2.75, 3.05) is 6.54 Å². The van der Waals surface area contributed by atoms with Crippen LogP contribution < -0.4 is 0 Å². The Kier molecular flexibility index (Phi) is 4.61. The van der Waals surface area contributed by atoms with Crippen molar-refractivity contribution in [1.82, 2.24) is 0 Å². The van der Waals surface area contributed by atoms with Crippen molar-refractivity contribution in [2.24, 2.45) is 10.4 Å². The highest BCUT2D eigenvalue weighted by molar-refractivity contribution is 6.14. The zero-order chi connectivity index (χ0) is 15.5. The summed E-state index contributed by atoms with van der Waals surface area (Å²) < 4.78 is 0. The predicted molar refractivity (Wildman–Crippen MR) is 85.9 cm³/mol. The maximum absolute atomic E-state index is 12.1. The fraction of sp³-hybridized carbons (Fsp3) is 0.444. The van der Waals surface area contributed by atoms with E-state index in [1.807, 2.05) is 32.0 Å². The molecule has 0 saturated heterocycles. The molecule has 1 N–H and O–H groups in total. The number of carbonyl (C=O) groups excluding carboxylic acids is 1. The van der Waals surface area contributed by atoms with E-state index in [0.717, 1.165) is 0 Å². The average molecular weight is 285 g/mol. The minimum atomic E-state index is -0.157. The highest BCUT2D eigenvalue weighted by atomic mass is 16.3. The van der Waals surface area contributed by atoms with Gasteiger partial charge in [-0.05, 0) is 11.0 Å².